The van der Waals surface area contributed by atoms with Gasteiger partial charge in [-0.2, -0.15) is 5.10 Å². The average Bonchev–Trinajstić information content (AvgIpc) is 3.67. The van der Waals surface area contributed by atoms with E-state index >= 15 is 0 Å². The Labute approximate surface area is 296 Å². The third-order valence-corrected chi connectivity index (χ3v) is 10.7. The number of anilines is 1. The molecule has 0 spiro atoms. The number of carbonyl (C=O) groups is 3. The minimum absolute atomic E-state index is 0.192. The molecular weight excluding hydrogens is 644 g/mol. The predicted molar refractivity (Wildman–Crippen MR) is 197 cm³/mol. The second kappa shape index (κ2) is 14.6. The molecule has 3 amide bonds. The number of pyridine rings is 1. The van der Waals surface area contributed by atoms with Crippen LogP contribution in [0.4, 0.5) is 5.69 Å². The standard InChI is InChI=1S/C20H22N4O.C19H24N4O3/c1-14-6-5-9-19(21-14)20(25)22-16-10-11-18-15(12-16)13-24(23-18)17-7-3-2-4-8-17;1-21-10-8-12(9-11-21)13-4-3-5-14-17(13)22(2)19(26)23(14)15-6-7-16(24)20-18(15)25/h5-6,9-13,17H,2-4,7-8H2,1H3,(H,22,25);3-5,12,15H,6-11H2,1-2H3,(H,20,24,25). The summed E-state index contributed by atoms with van der Waals surface area (Å²) in [5.74, 6) is -0.437. The fourth-order valence-electron chi connectivity index (χ4n) is 7.87. The van der Waals surface area contributed by atoms with Gasteiger partial charge in [-0.3, -0.25) is 33.5 Å². The number of nitrogens with zero attached hydrogens (tertiary/aromatic N) is 6. The van der Waals surface area contributed by atoms with Crippen molar-refractivity contribution in [3.8, 4) is 0 Å². The summed E-state index contributed by atoms with van der Waals surface area (Å²) in [7, 11) is 3.90. The summed E-state index contributed by atoms with van der Waals surface area (Å²) >= 11 is 0. The summed E-state index contributed by atoms with van der Waals surface area (Å²) in [4.78, 5) is 55.7. The lowest BCUT2D eigenvalue weighted by atomic mass is 9.88. The Hall–Kier alpha value is -5.10. The number of fused-ring (bicyclic) bond motifs is 2. The Morgan fingerprint density at radius 2 is 1.67 bits per heavy atom. The van der Waals surface area contributed by atoms with Crippen molar-refractivity contribution in [1.29, 1.82) is 0 Å². The first-order valence-corrected chi connectivity index (χ1v) is 18.1. The van der Waals surface area contributed by atoms with Gasteiger partial charge in [-0.05, 0) is 107 Å². The number of hydrogen-bond donors (Lipinski definition) is 2. The van der Waals surface area contributed by atoms with Crippen LogP contribution in [-0.2, 0) is 16.6 Å². The fraction of sp³-hybridized carbons (Fsp3) is 0.436. The van der Waals surface area contributed by atoms with Gasteiger partial charge < -0.3 is 10.2 Å². The molecule has 12 heteroatoms. The van der Waals surface area contributed by atoms with Gasteiger partial charge in [-0.1, -0.05) is 37.5 Å². The number of benzene rings is 2. The number of amides is 3. The lowest BCUT2D eigenvalue weighted by Gasteiger charge is -2.29. The zero-order valence-corrected chi connectivity index (χ0v) is 29.6. The molecule has 51 heavy (non-hydrogen) atoms. The third-order valence-electron chi connectivity index (χ3n) is 10.7. The molecule has 12 nitrogen and oxygen atoms in total. The molecule has 0 bridgehead atoms. The van der Waals surface area contributed by atoms with E-state index in [2.05, 4.69) is 44.5 Å². The van der Waals surface area contributed by atoms with E-state index in [1.165, 1.54) is 37.7 Å². The van der Waals surface area contributed by atoms with Gasteiger partial charge in [0.25, 0.3) is 5.91 Å². The number of imide groups is 1. The molecule has 5 aromatic rings. The normalized spacial score (nSPS) is 19.2. The van der Waals surface area contributed by atoms with Gasteiger partial charge in [0.2, 0.25) is 11.8 Å². The highest BCUT2D eigenvalue weighted by Gasteiger charge is 2.32. The molecular formula is C39H46N8O4. The van der Waals surface area contributed by atoms with Crippen LogP contribution in [-0.4, -0.2) is 66.7 Å². The quantitative estimate of drug-likeness (QED) is 0.229. The number of aromatic nitrogens is 5. The van der Waals surface area contributed by atoms with Crippen LogP contribution in [0, 0.1) is 6.92 Å². The summed E-state index contributed by atoms with van der Waals surface area (Å²) in [5, 5.41) is 11.1. The van der Waals surface area contributed by atoms with Gasteiger partial charge in [0, 0.05) is 36.4 Å². The Morgan fingerprint density at radius 1 is 0.902 bits per heavy atom. The molecule has 8 rings (SSSR count). The van der Waals surface area contributed by atoms with Crippen LogP contribution < -0.4 is 16.3 Å². The van der Waals surface area contributed by atoms with E-state index in [-0.39, 0.29) is 29.8 Å². The average molecular weight is 691 g/mol. The minimum Gasteiger partial charge on any atom is -0.321 e. The molecule has 5 heterocycles. The van der Waals surface area contributed by atoms with E-state index < -0.39 is 6.04 Å². The number of hydrogen-bond acceptors (Lipinski definition) is 7. The van der Waals surface area contributed by atoms with Gasteiger partial charge in [0.1, 0.15) is 11.7 Å². The van der Waals surface area contributed by atoms with E-state index in [9.17, 15) is 19.2 Å². The molecule has 266 valence electrons. The topological polar surface area (TPSA) is 136 Å². The molecule has 1 atom stereocenters. The Kier molecular flexibility index (Phi) is 9.86. The maximum Gasteiger partial charge on any atom is 0.329 e. The number of likely N-dealkylation sites (tertiary alicyclic amines) is 1. The maximum atomic E-state index is 13.0. The van der Waals surface area contributed by atoms with E-state index in [0.717, 1.165) is 59.2 Å². The summed E-state index contributed by atoms with van der Waals surface area (Å²) in [5.41, 5.74) is 5.67. The molecule has 1 saturated carbocycles. The lowest BCUT2D eigenvalue weighted by molar-refractivity contribution is -0.135. The second-order valence-electron chi connectivity index (χ2n) is 14.3. The van der Waals surface area contributed by atoms with Crippen LogP contribution >= 0.6 is 0 Å². The summed E-state index contributed by atoms with van der Waals surface area (Å²) < 4.78 is 5.33. The third kappa shape index (κ3) is 7.23. The van der Waals surface area contributed by atoms with Crippen molar-refractivity contribution in [1.82, 2.24) is 34.1 Å². The van der Waals surface area contributed by atoms with Gasteiger partial charge in [-0.15, -0.1) is 0 Å². The van der Waals surface area contributed by atoms with E-state index in [1.807, 2.05) is 49.4 Å². The molecule has 3 aromatic heterocycles. The van der Waals surface area contributed by atoms with E-state index in [1.54, 1.807) is 22.2 Å². The zero-order valence-electron chi connectivity index (χ0n) is 29.6. The number of aryl methyl sites for hydroxylation is 2. The lowest BCUT2D eigenvalue weighted by Crippen LogP contribution is -2.44. The van der Waals surface area contributed by atoms with Crippen molar-refractivity contribution < 1.29 is 14.4 Å². The number of imidazole rings is 1. The monoisotopic (exact) mass is 690 g/mol. The SMILES string of the molecule is CN1CCC(c2cccc3c2n(C)c(=O)n3C2CCC(=O)NC2=O)CC1.Cc1cccc(C(=O)Nc2ccc3nn(C4CCCCC4)cc3c2)n1. The molecule has 3 fully saturated rings. The van der Waals surface area contributed by atoms with Crippen molar-refractivity contribution >= 4 is 45.3 Å². The maximum absolute atomic E-state index is 13.0. The number of nitrogens with one attached hydrogen (secondary N) is 2. The molecule has 1 unspecified atom stereocenters. The molecule has 0 radical (unpaired) electrons. The van der Waals surface area contributed by atoms with Crippen molar-refractivity contribution in [3.05, 3.63) is 88.2 Å². The van der Waals surface area contributed by atoms with Gasteiger partial charge in [0.15, 0.2) is 0 Å². The van der Waals surface area contributed by atoms with Gasteiger partial charge >= 0.3 is 5.69 Å². The Bertz CT molecular complexity index is 2150. The number of carbonyl (C=O) groups excluding carboxylic acids is 3. The second-order valence-corrected chi connectivity index (χ2v) is 14.3. The fourth-order valence-corrected chi connectivity index (χ4v) is 7.87. The predicted octanol–water partition coefficient (Wildman–Crippen LogP) is 5.62. The van der Waals surface area contributed by atoms with Crippen LogP contribution in [0.2, 0.25) is 0 Å². The highest BCUT2D eigenvalue weighted by Crippen LogP contribution is 2.34. The van der Waals surface area contributed by atoms with Crippen molar-refractivity contribution in [2.24, 2.45) is 7.05 Å². The highest BCUT2D eigenvalue weighted by atomic mass is 16.2. The number of piperidine rings is 2. The van der Waals surface area contributed by atoms with Crippen molar-refractivity contribution in [2.75, 3.05) is 25.5 Å². The van der Waals surface area contributed by atoms with Crippen LogP contribution in [0.15, 0.2) is 65.6 Å². The molecule has 2 saturated heterocycles. The van der Waals surface area contributed by atoms with Crippen molar-refractivity contribution in [2.45, 2.75) is 82.7 Å². The first-order chi connectivity index (χ1) is 24.7. The highest BCUT2D eigenvalue weighted by molar-refractivity contribution is 6.04. The van der Waals surface area contributed by atoms with Gasteiger partial charge in [-0.25, -0.2) is 9.78 Å². The van der Waals surface area contributed by atoms with Gasteiger partial charge in [0.05, 0.1) is 22.6 Å². The minimum atomic E-state index is -0.628. The Balaban J connectivity index is 0.000000159. The zero-order chi connectivity index (χ0) is 35.6. The van der Waals surface area contributed by atoms with Crippen LogP contribution in [0.1, 0.15) is 97.5 Å². The number of para-hydroxylation sites is 1. The Morgan fingerprint density at radius 3 is 2.41 bits per heavy atom. The van der Waals surface area contributed by atoms with E-state index in [4.69, 9.17) is 5.10 Å². The smallest absolute Gasteiger partial charge is 0.321 e. The molecule has 1 aliphatic carbocycles. The molecule has 3 aliphatic rings. The van der Waals surface area contributed by atoms with Crippen LogP contribution in [0.25, 0.3) is 21.9 Å². The van der Waals surface area contributed by atoms with Crippen molar-refractivity contribution in [3.63, 3.8) is 0 Å². The molecule has 2 aliphatic heterocycles. The largest absolute Gasteiger partial charge is 0.329 e. The molecule has 2 N–H and O–H groups in total. The molecule has 2 aromatic carbocycles. The number of rotatable bonds is 5. The van der Waals surface area contributed by atoms with Crippen LogP contribution in [0.3, 0.4) is 0 Å². The van der Waals surface area contributed by atoms with Crippen LogP contribution in [0.5, 0.6) is 0 Å². The summed E-state index contributed by atoms with van der Waals surface area (Å²) in [6, 6.07) is 17.1. The first-order valence-electron chi connectivity index (χ1n) is 18.1. The first kappa shape index (κ1) is 34.4. The summed E-state index contributed by atoms with van der Waals surface area (Å²) in [6.07, 6.45) is 11.2. The summed E-state index contributed by atoms with van der Waals surface area (Å²) in [6.45, 7) is 3.97. The van der Waals surface area contributed by atoms with E-state index in [0.29, 0.717) is 24.1 Å².